The summed E-state index contributed by atoms with van der Waals surface area (Å²) >= 11 is 5.99. The van der Waals surface area contributed by atoms with Gasteiger partial charge < -0.3 is 20.1 Å². The number of likely N-dealkylation sites (tertiary alicyclic amines) is 1. The minimum absolute atomic E-state index is 0.0345. The third-order valence-corrected chi connectivity index (χ3v) is 4.87. The van der Waals surface area contributed by atoms with Crippen molar-refractivity contribution in [3.63, 3.8) is 0 Å². The summed E-state index contributed by atoms with van der Waals surface area (Å²) in [5, 5.41) is 10.9. The maximum Gasteiger partial charge on any atom is 0.410 e. The van der Waals surface area contributed by atoms with Crippen molar-refractivity contribution in [1.82, 2.24) is 4.90 Å². The summed E-state index contributed by atoms with van der Waals surface area (Å²) in [6, 6.07) is 2.25. The molecule has 2 amide bonds. The van der Waals surface area contributed by atoms with Gasteiger partial charge in [0.1, 0.15) is 18.0 Å². The molecule has 0 bridgehead atoms. The third-order valence-electron chi connectivity index (χ3n) is 4.49. The van der Waals surface area contributed by atoms with Crippen LogP contribution in [-0.4, -0.2) is 47.1 Å². The molecule has 31 heavy (non-hydrogen) atoms. The van der Waals surface area contributed by atoms with E-state index >= 15 is 0 Å². The Morgan fingerprint density at radius 3 is 2.68 bits per heavy atom. The van der Waals surface area contributed by atoms with Gasteiger partial charge in [0.15, 0.2) is 5.02 Å². The SMILES string of the molecule is CC(C)(C)OC(=O)N1CCCC(CC#CCOc2cc(C(N)=O)cc([N+](=O)[O-])c2Cl)C1. The predicted octanol–water partition coefficient (Wildman–Crippen LogP) is 3.77. The van der Waals surface area contributed by atoms with Gasteiger partial charge in [-0.15, -0.1) is 0 Å². The lowest BCUT2D eigenvalue weighted by molar-refractivity contribution is -0.384. The first kappa shape index (κ1) is 24.3. The third kappa shape index (κ3) is 7.33. The number of amides is 2. The van der Waals surface area contributed by atoms with Crippen molar-refractivity contribution < 1.29 is 24.0 Å². The van der Waals surface area contributed by atoms with E-state index in [1.165, 1.54) is 6.07 Å². The summed E-state index contributed by atoms with van der Waals surface area (Å²) in [5.41, 5.74) is 4.12. The van der Waals surface area contributed by atoms with Gasteiger partial charge in [-0.05, 0) is 45.6 Å². The Kier molecular flexibility index (Phi) is 8.11. The van der Waals surface area contributed by atoms with Crippen LogP contribution < -0.4 is 10.5 Å². The van der Waals surface area contributed by atoms with Crippen molar-refractivity contribution in [3.05, 3.63) is 32.8 Å². The van der Waals surface area contributed by atoms with E-state index in [-0.39, 0.29) is 35.0 Å². The molecule has 0 aliphatic carbocycles. The highest BCUT2D eigenvalue weighted by atomic mass is 35.5. The molecule has 1 aliphatic rings. The smallest absolute Gasteiger partial charge is 0.410 e. The molecular weight excluding hydrogens is 426 g/mol. The van der Waals surface area contributed by atoms with E-state index in [1.807, 2.05) is 20.8 Å². The van der Waals surface area contributed by atoms with E-state index in [0.717, 1.165) is 18.9 Å². The zero-order valence-electron chi connectivity index (χ0n) is 17.8. The molecule has 0 aromatic heterocycles. The summed E-state index contributed by atoms with van der Waals surface area (Å²) < 4.78 is 10.8. The Bertz CT molecular complexity index is 916. The van der Waals surface area contributed by atoms with Gasteiger partial charge >= 0.3 is 6.09 Å². The highest BCUT2D eigenvalue weighted by Gasteiger charge is 2.27. The van der Waals surface area contributed by atoms with Crippen molar-refractivity contribution >= 4 is 29.3 Å². The number of ether oxygens (including phenoxy) is 2. The number of hydrogen-bond acceptors (Lipinski definition) is 6. The maximum atomic E-state index is 12.2. The molecule has 168 valence electrons. The first-order chi connectivity index (χ1) is 14.5. The van der Waals surface area contributed by atoms with E-state index in [2.05, 4.69) is 11.8 Å². The van der Waals surface area contributed by atoms with Crippen molar-refractivity contribution in [2.24, 2.45) is 11.7 Å². The molecule has 1 aromatic rings. The second kappa shape index (κ2) is 10.4. The standard InChI is InChI=1S/C21H26ClN3O6/c1-21(2,3)31-20(27)24-9-6-8-14(13-24)7-4-5-10-30-17-12-15(19(23)26)11-16(18(17)22)25(28)29/h11-12,14H,6-10,13H2,1-3H3,(H2,23,26). The number of halogens is 1. The van der Waals surface area contributed by atoms with E-state index in [4.69, 9.17) is 26.8 Å². The largest absolute Gasteiger partial charge is 0.479 e. The molecule has 1 aliphatic heterocycles. The molecular formula is C21H26ClN3O6. The summed E-state index contributed by atoms with van der Waals surface area (Å²) in [4.78, 5) is 35.7. The number of nitro benzene ring substituents is 1. The monoisotopic (exact) mass is 451 g/mol. The molecule has 1 fully saturated rings. The van der Waals surface area contributed by atoms with Crippen molar-refractivity contribution in [2.75, 3.05) is 19.7 Å². The average Bonchev–Trinajstić information content (AvgIpc) is 2.67. The Morgan fingerprint density at radius 1 is 1.35 bits per heavy atom. The molecule has 1 unspecified atom stereocenters. The number of nitrogens with zero attached hydrogens (tertiary/aromatic N) is 2. The van der Waals surface area contributed by atoms with E-state index in [9.17, 15) is 19.7 Å². The number of hydrogen-bond donors (Lipinski definition) is 1. The molecule has 1 aromatic carbocycles. The number of piperidine rings is 1. The van der Waals surface area contributed by atoms with Gasteiger partial charge in [0.25, 0.3) is 5.69 Å². The van der Waals surface area contributed by atoms with Crippen molar-refractivity contribution in [3.8, 4) is 17.6 Å². The number of nitrogens with two attached hydrogens (primary N) is 1. The Labute approximate surface area is 186 Å². The molecule has 9 nitrogen and oxygen atoms in total. The zero-order valence-corrected chi connectivity index (χ0v) is 18.5. The fraction of sp³-hybridized carbons (Fsp3) is 0.524. The second-order valence-electron chi connectivity index (χ2n) is 8.21. The van der Waals surface area contributed by atoms with Crippen LogP contribution in [0.1, 0.15) is 50.4 Å². The molecule has 0 spiro atoms. The highest BCUT2D eigenvalue weighted by molar-refractivity contribution is 6.34. The fourth-order valence-electron chi connectivity index (χ4n) is 3.07. The summed E-state index contributed by atoms with van der Waals surface area (Å²) in [5.74, 6) is 5.20. The van der Waals surface area contributed by atoms with Crippen LogP contribution in [0.3, 0.4) is 0 Å². The van der Waals surface area contributed by atoms with Gasteiger partial charge in [0.05, 0.1) is 4.92 Å². The Balaban J connectivity index is 1.93. The predicted molar refractivity (Wildman–Crippen MR) is 115 cm³/mol. The Morgan fingerprint density at radius 2 is 2.06 bits per heavy atom. The number of rotatable bonds is 5. The van der Waals surface area contributed by atoms with Crippen LogP contribution in [0.15, 0.2) is 12.1 Å². The van der Waals surface area contributed by atoms with Crippen molar-refractivity contribution in [2.45, 2.75) is 45.6 Å². The number of primary amides is 1. The van der Waals surface area contributed by atoms with Crippen molar-refractivity contribution in [1.29, 1.82) is 0 Å². The van der Waals surface area contributed by atoms with Gasteiger partial charge in [-0.1, -0.05) is 23.4 Å². The molecule has 10 heteroatoms. The summed E-state index contributed by atoms with van der Waals surface area (Å²) in [7, 11) is 0. The first-order valence-electron chi connectivity index (χ1n) is 9.82. The molecule has 0 radical (unpaired) electrons. The van der Waals surface area contributed by atoms with Crippen LogP contribution in [0.2, 0.25) is 5.02 Å². The van der Waals surface area contributed by atoms with Crippen LogP contribution in [-0.2, 0) is 4.74 Å². The normalized spacial score (nSPS) is 16.1. The zero-order chi connectivity index (χ0) is 23.2. The van der Waals surface area contributed by atoms with E-state index < -0.39 is 22.1 Å². The summed E-state index contributed by atoms with van der Waals surface area (Å²) in [6.45, 7) is 6.66. The van der Waals surface area contributed by atoms with Gasteiger partial charge in [-0.25, -0.2) is 4.79 Å². The molecule has 1 atom stereocenters. The number of carbonyl (C=O) groups is 2. The topological polar surface area (TPSA) is 125 Å². The fourth-order valence-corrected chi connectivity index (χ4v) is 3.30. The average molecular weight is 452 g/mol. The van der Waals surface area contributed by atoms with Crippen LogP contribution >= 0.6 is 11.6 Å². The summed E-state index contributed by atoms with van der Waals surface area (Å²) in [6.07, 6.45) is 2.08. The van der Waals surface area contributed by atoms with Crippen LogP contribution in [0, 0.1) is 27.9 Å². The highest BCUT2D eigenvalue weighted by Crippen LogP contribution is 2.35. The molecule has 1 saturated heterocycles. The minimum atomic E-state index is -0.831. The molecule has 0 saturated carbocycles. The van der Waals surface area contributed by atoms with Crippen LogP contribution in [0.5, 0.6) is 5.75 Å². The number of carbonyl (C=O) groups excluding carboxylic acids is 2. The molecule has 1 heterocycles. The lowest BCUT2D eigenvalue weighted by atomic mass is 9.95. The molecule has 2 rings (SSSR count). The Hall–Kier alpha value is -2.99. The lowest BCUT2D eigenvalue weighted by Crippen LogP contribution is -2.42. The van der Waals surface area contributed by atoms with E-state index in [0.29, 0.717) is 19.5 Å². The van der Waals surface area contributed by atoms with Crippen LogP contribution in [0.4, 0.5) is 10.5 Å². The quantitative estimate of drug-likeness (QED) is 0.412. The van der Waals surface area contributed by atoms with E-state index in [1.54, 1.807) is 4.90 Å². The first-order valence-corrected chi connectivity index (χ1v) is 10.2. The van der Waals surface area contributed by atoms with Gasteiger partial charge in [-0.3, -0.25) is 14.9 Å². The number of nitro groups is 1. The molecule has 2 N–H and O–H groups in total. The second-order valence-corrected chi connectivity index (χ2v) is 8.59. The number of benzene rings is 1. The van der Waals surface area contributed by atoms with Gasteiger partial charge in [0, 0.05) is 31.1 Å². The minimum Gasteiger partial charge on any atom is -0.479 e. The van der Waals surface area contributed by atoms with Gasteiger partial charge in [-0.2, -0.15) is 0 Å². The van der Waals surface area contributed by atoms with Crippen LogP contribution in [0.25, 0.3) is 0 Å². The lowest BCUT2D eigenvalue weighted by Gasteiger charge is -2.33. The van der Waals surface area contributed by atoms with Gasteiger partial charge in [0.2, 0.25) is 5.91 Å². The maximum absolute atomic E-state index is 12.2.